The second-order valence-electron chi connectivity index (χ2n) is 9.98. The van der Waals surface area contributed by atoms with Crippen LogP contribution in [0.25, 0.3) is 0 Å². The molecule has 9 nitrogen and oxygen atoms in total. The van der Waals surface area contributed by atoms with E-state index < -0.39 is 28.5 Å². The highest BCUT2D eigenvalue weighted by Gasteiger charge is 2.33. The summed E-state index contributed by atoms with van der Waals surface area (Å²) in [7, 11) is -1.02. The Morgan fingerprint density at radius 1 is 0.929 bits per heavy atom. The maximum atomic E-state index is 14.2. The molecule has 0 saturated carbocycles. The number of ether oxygens (including phenoxy) is 2. The molecule has 2 atom stereocenters. The second-order valence-corrected chi connectivity index (χ2v) is 12.3. The first-order valence-corrected chi connectivity index (χ1v) is 15.8. The topological polar surface area (TPSA) is 105 Å². The molecule has 0 heterocycles. The third-order valence-electron chi connectivity index (χ3n) is 6.85. The van der Waals surface area contributed by atoms with Gasteiger partial charge in [-0.05, 0) is 48.7 Å². The number of nitrogens with one attached hydrogen (secondary N) is 1. The lowest BCUT2D eigenvalue weighted by Crippen LogP contribution is -2.54. The van der Waals surface area contributed by atoms with E-state index in [4.69, 9.17) is 21.1 Å². The lowest BCUT2D eigenvalue weighted by atomic mass is 10.0. The standard InChI is InChI=1S/C31H38ClN3O6S/c1-6-22(2)33-31(37)27(18-23-11-8-7-9-12-23)34(20-24-13-10-14-25(32)17-24)30(36)21-35(42(5,38)39)26-15-16-28(40-3)29(19-26)41-4/h7-17,19,22,27H,6,18,20-21H2,1-5H3,(H,33,37). The molecule has 0 aliphatic rings. The van der Waals surface area contributed by atoms with Crippen LogP contribution in [-0.4, -0.2) is 64.2 Å². The van der Waals surface area contributed by atoms with E-state index in [1.165, 1.54) is 31.3 Å². The summed E-state index contributed by atoms with van der Waals surface area (Å²) >= 11 is 6.25. The van der Waals surface area contributed by atoms with Crippen LogP contribution in [-0.2, 0) is 32.6 Å². The number of hydrogen-bond donors (Lipinski definition) is 1. The van der Waals surface area contributed by atoms with Gasteiger partial charge in [0.05, 0.1) is 26.2 Å². The molecule has 0 spiro atoms. The van der Waals surface area contributed by atoms with Crippen molar-refractivity contribution in [3.8, 4) is 11.5 Å². The van der Waals surface area contributed by atoms with Gasteiger partial charge in [0.1, 0.15) is 12.6 Å². The lowest BCUT2D eigenvalue weighted by molar-refractivity contribution is -0.140. The molecule has 3 aromatic rings. The third-order valence-corrected chi connectivity index (χ3v) is 8.22. The predicted octanol–water partition coefficient (Wildman–Crippen LogP) is 4.68. The number of hydrogen-bond acceptors (Lipinski definition) is 6. The predicted molar refractivity (Wildman–Crippen MR) is 166 cm³/mol. The zero-order valence-corrected chi connectivity index (χ0v) is 26.1. The van der Waals surface area contributed by atoms with Crippen LogP contribution < -0.4 is 19.1 Å². The number of nitrogens with zero attached hydrogens (tertiary/aromatic N) is 2. The minimum atomic E-state index is -3.93. The van der Waals surface area contributed by atoms with Gasteiger partial charge in [-0.25, -0.2) is 8.42 Å². The normalized spacial score (nSPS) is 12.6. The molecule has 0 saturated heterocycles. The van der Waals surface area contributed by atoms with Crippen molar-refractivity contribution in [2.75, 3.05) is 31.3 Å². The highest BCUT2D eigenvalue weighted by Crippen LogP contribution is 2.32. The molecule has 3 aromatic carbocycles. The fourth-order valence-electron chi connectivity index (χ4n) is 4.42. The molecule has 11 heteroatoms. The van der Waals surface area contributed by atoms with Crippen molar-refractivity contribution in [1.82, 2.24) is 10.2 Å². The van der Waals surface area contributed by atoms with Crippen molar-refractivity contribution in [2.24, 2.45) is 0 Å². The van der Waals surface area contributed by atoms with Crippen molar-refractivity contribution in [2.45, 2.75) is 45.3 Å². The summed E-state index contributed by atoms with van der Waals surface area (Å²) in [5.41, 5.74) is 1.77. The number of carbonyl (C=O) groups is 2. The van der Waals surface area contributed by atoms with E-state index in [0.29, 0.717) is 28.5 Å². The average molecular weight is 616 g/mol. The number of anilines is 1. The summed E-state index contributed by atoms with van der Waals surface area (Å²) < 4.78 is 37.7. The van der Waals surface area contributed by atoms with Crippen LogP contribution in [0.4, 0.5) is 5.69 Å². The molecule has 3 rings (SSSR count). The monoisotopic (exact) mass is 615 g/mol. The molecule has 0 bridgehead atoms. The van der Waals surface area contributed by atoms with Crippen LogP contribution in [0, 0.1) is 0 Å². The Kier molecular flexibility index (Phi) is 11.6. The average Bonchev–Trinajstić information content (AvgIpc) is 2.97. The molecule has 1 N–H and O–H groups in total. The largest absolute Gasteiger partial charge is 0.493 e. The Morgan fingerprint density at radius 2 is 1.60 bits per heavy atom. The van der Waals surface area contributed by atoms with Gasteiger partial charge >= 0.3 is 0 Å². The van der Waals surface area contributed by atoms with Gasteiger partial charge in [-0.15, -0.1) is 0 Å². The Labute approximate surface area is 253 Å². The first-order valence-electron chi connectivity index (χ1n) is 13.5. The number of benzene rings is 3. The molecule has 42 heavy (non-hydrogen) atoms. The van der Waals surface area contributed by atoms with Crippen molar-refractivity contribution in [1.29, 1.82) is 0 Å². The van der Waals surface area contributed by atoms with Gasteiger partial charge in [-0.1, -0.05) is 61.0 Å². The second kappa shape index (κ2) is 14.9. The van der Waals surface area contributed by atoms with Gasteiger partial charge in [-0.2, -0.15) is 0 Å². The molecular formula is C31H38ClN3O6S. The molecule has 0 fully saturated rings. The summed E-state index contributed by atoms with van der Waals surface area (Å²) in [6.07, 6.45) is 1.95. The zero-order chi connectivity index (χ0) is 30.9. The third kappa shape index (κ3) is 8.87. The summed E-state index contributed by atoms with van der Waals surface area (Å²) in [5, 5.41) is 3.48. The highest BCUT2D eigenvalue weighted by molar-refractivity contribution is 7.92. The minimum absolute atomic E-state index is 0.0361. The van der Waals surface area contributed by atoms with E-state index in [1.807, 2.05) is 44.2 Å². The van der Waals surface area contributed by atoms with Crippen LogP contribution in [0.1, 0.15) is 31.4 Å². The Morgan fingerprint density at radius 3 is 2.19 bits per heavy atom. The van der Waals surface area contributed by atoms with Gasteiger partial charge in [0, 0.05) is 30.1 Å². The highest BCUT2D eigenvalue weighted by atomic mass is 35.5. The van der Waals surface area contributed by atoms with Gasteiger partial charge < -0.3 is 19.7 Å². The maximum Gasteiger partial charge on any atom is 0.244 e. The molecule has 0 radical (unpaired) electrons. The van der Waals surface area contributed by atoms with E-state index in [-0.39, 0.29) is 30.6 Å². The molecule has 2 unspecified atom stereocenters. The summed E-state index contributed by atoms with van der Waals surface area (Å²) in [4.78, 5) is 29.3. The summed E-state index contributed by atoms with van der Waals surface area (Å²) in [6.45, 7) is 3.34. The number of rotatable bonds is 14. The summed E-state index contributed by atoms with van der Waals surface area (Å²) in [5.74, 6) is -0.175. The first kappa shape index (κ1) is 32.8. The molecule has 2 amide bonds. The minimum Gasteiger partial charge on any atom is -0.493 e. The lowest BCUT2D eigenvalue weighted by Gasteiger charge is -2.34. The Balaban J connectivity index is 2.08. The van der Waals surface area contributed by atoms with E-state index in [1.54, 1.807) is 30.3 Å². The van der Waals surface area contributed by atoms with Crippen LogP contribution in [0.2, 0.25) is 5.02 Å². The molecular weight excluding hydrogens is 578 g/mol. The van der Waals surface area contributed by atoms with E-state index in [9.17, 15) is 18.0 Å². The number of halogens is 1. The van der Waals surface area contributed by atoms with Crippen LogP contribution in [0.3, 0.4) is 0 Å². The Hall–Kier alpha value is -3.76. The quantitative estimate of drug-likeness (QED) is 0.282. The molecule has 0 aromatic heterocycles. The zero-order valence-electron chi connectivity index (χ0n) is 24.5. The SMILES string of the molecule is CCC(C)NC(=O)C(Cc1ccccc1)N(Cc1cccc(Cl)c1)C(=O)CN(c1ccc(OC)c(OC)c1)S(C)(=O)=O. The maximum absolute atomic E-state index is 14.2. The van der Waals surface area contributed by atoms with Crippen molar-refractivity contribution in [3.63, 3.8) is 0 Å². The summed E-state index contributed by atoms with van der Waals surface area (Å²) in [6, 6.07) is 19.9. The number of carbonyl (C=O) groups excluding carboxylic acids is 2. The van der Waals surface area contributed by atoms with Crippen LogP contribution in [0.15, 0.2) is 72.8 Å². The number of sulfonamides is 1. The number of amides is 2. The number of methoxy groups -OCH3 is 2. The first-order chi connectivity index (χ1) is 20.0. The van der Waals surface area contributed by atoms with Crippen LogP contribution in [0.5, 0.6) is 11.5 Å². The van der Waals surface area contributed by atoms with Crippen LogP contribution >= 0.6 is 11.6 Å². The van der Waals surface area contributed by atoms with Crippen molar-refractivity contribution >= 4 is 39.1 Å². The van der Waals surface area contributed by atoms with Gasteiger partial charge in [0.25, 0.3) is 0 Å². The van der Waals surface area contributed by atoms with E-state index in [0.717, 1.165) is 16.1 Å². The molecule has 226 valence electrons. The molecule has 0 aliphatic carbocycles. The molecule has 0 aliphatic heterocycles. The van der Waals surface area contributed by atoms with Crippen molar-refractivity contribution < 1.29 is 27.5 Å². The fraction of sp³-hybridized carbons (Fsp3) is 0.355. The van der Waals surface area contributed by atoms with Gasteiger partial charge in [0.15, 0.2) is 11.5 Å². The Bertz CT molecular complexity index is 1470. The van der Waals surface area contributed by atoms with E-state index in [2.05, 4.69) is 5.32 Å². The fourth-order valence-corrected chi connectivity index (χ4v) is 5.48. The van der Waals surface area contributed by atoms with Crippen molar-refractivity contribution in [3.05, 3.63) is 88.9 Å². The van der Waals surface area contributed by atoms with Gasteiger partial charge in [-0.3, -0.25) is 13.9 Å². The smallest absolute Gasteiger partial charge is 0.244 e. The van der Waals surface area contributed by atoms with Gasteiger partial charge in [0.2, 0.25) is 21.8 Å². The van der Waals surface area contributed by atoms with E-state index >= 15 is 0 Å².